The van der Waals surface area contributed by atoms with E-state index in [0.717, 1.165) is 0 Å². The minimum absolute atomic E-state index is 0.239. The summed E-state index contributed by atoms with van der Waals surface area (Å²) in [5.74, 6) is 0. The molecule has 0 unspecified atom stereocenters. The van der Waals surface area contributed by atoms with Crippen molar-refractivity contribution in [1.82, 2.24) is 10.2 Å². The van der Waals surface area contributed by atoms with Gasteiger partial charge in [0, 0.05) is 6.54 Å². The molecular weight excluding hydrogens is 288 g/mol. The number of anilines is 1. The van der Waals surface area contributed by atoms with Gasteiger partial charge < -0.3 is 5.73 Å². The highest BCUT2D eigenvalue weighted by atomic mass is 32.2. The van der Waals surface area contributed by atoms with Crippen molar-refractivity contribution in [2.75, 3.05) is 17.4 Å². The molecule has 0 spiro atoms. The van der Waals surface area contributed by atoms with Crippen molar-refractivity contribution in [2.45, 2.75) is 25.2 Å². The lowest BCUT2D eigenvalue weighted by Crippen LogP contribution is -2.33. The number of hydrogen-bond donors (Lipinski definition) is 2. The summed E-state index contributed by atoms with van der Waals surface area (Å²) in [5.41, 5.74) is 7.18. The number of aromatic amines is 1. The lowest BCUT2D eigenvalue weighted by Gasteiger charge is -2.24. The number of aryl methyl sites for hydroxylation is 2. The molecule has 1 aromatic carbocycles. The van der Waals surface area contributed by atoms with Crippen LogP contribution in [0.5, 0.6) is 0 Å². The van der Waals surface area contributed by atoms with Crippen molar-refractivity contribution in [3.05, 3.63) is 41.7 Å². The highest BCUT2D eigenvalue weighted by Crippen LogP contribution is 2.26. The van der Waals surface area contributed by atoms with Crippen LogP contribution in [0.1, 0.15) is 17.8 Å². The largest absolute Gasteiger partial charge is 0.330 e. The quantitative estimate of drug-likeness (QED) is 0.847. The lowest BCUT2D eigenvalue weighted by atomic mass is 10.3. The third-order valence-corrected chi connectivity index (χ3v) is 5.31. The number of nitrogens with two attached hydrogens (primary N) is 1. The Morgan fingerprint density at radius 1 is 1.24 bits per heavy atom. The van der Waals surface area contributed by atoms with E-state index in [4.69, 9.17) is 5.73 Å². The number of sulfonamides is 1. The van der Waals surface area contributed by atoms with Crippen LogP contribution in [0, 0.1) is 13.8 Å². The first-order valence-electron chi connectivity index (χ1n) is 6.78. The molecule has 0 saturated carbocycles. The van der Waals surface area contributed by atoms with Gasteiger partial charge in [-0.3, -0.25) is 9.40 Å². The van der Waals surface area contributed by atoms with Crippen LogP contribution in [0.2, 0.25) is 0 Å². The van der Waals surface area contributed by atoms with Gasteiger partial charge in [-0.15, -0.1) is 0 Å². The summed E-state index contributed by atoms with van der Waals surface area (Å²) in [4.78, 5) is 0.239. The molecule has 0 aliphatic heterocycles. The molecule has 2 rings (SSSR count). The van der Waals surface area contributed by atoms with E-state index in [1.165, 1.54) is 4.31 Å². The zero-order valence-corrected chi connectivity index (χ0v) is 13.0. The van der Waals surface area contributed by atoms with E-state index in [-0.39, 0.29) is 4.90 Å². The SMILES string of the molecule is Cc1n[nH]c(C)c1S(=O)(=O)N(CCCN)c1ccccc1. The molecule has 0 fully saturated rings. The maximum atomic E-state index is 13.0. The molecule has 0 aliphatic carbocycles. The van der Waals surface area contributed by atoms with Gasteiger partial charge in [-0.05, 0) is 38.9 Å². The Bertz CT molecular complexity index is 676. The third-order valence-electron chi connectivity index (χ3n) is 3.22. The van der Waals surface area contributed by atoms with E-state index in [1.54, 1.807) is 26.0 Å². The summed E-state index contributed by atoms with van der Waals surface area (Å²) in [5, 5.41) is 6.71. The number of H-pyrrole nitrogens is 1. The number of benzene rings is 1. The molecule has 0 amide bonds. The molecule has 1 aromatic heterocycles. The van der Waals surface area contributed by atoms with Gasteiger partial charge in [0.25, 0.3) is 10.0 Å². The summed E-state index contributed by atoms with van der Waals surface area (Å²) < 4.78 is 27.3. The summed E-state index contributed by atoms with van der Waals surface area (Å²) in [6.07, 6.45) is 0.587. The van der Waals surface area contributed by atoms with Crippen LogP contribution in [0.4, 0.5) is 5.69 Å². The number of nitrogens with one attached hydrogen (secondary N) is 1. The smallest absolute Gasteiger partial charge is 0.267 e. The Labute approximate surface area is 125 Å². The van der Waals surface area contributed by atoms with Gasteiger partial charge in [-0.25, -0.2) is 8.42 Å². The summed E-state index contributed by atoms with van der Waals surface area (Å²) >= 11 is 0. The Kier molecular flexibility index (Phi) is 4.64. The third kappa shape index (κ3) is 3.08. The maximum absolute atomic E-state index is 13.0. The number of hydrogen-bond acceptors (Lipinski definition) is 4. The minimum atomic E-state index is -3.66. The normalized spacial score (nSPS) is 11.6. The molecule has 7 heteroatoms. The van der Waals surface area contributed by atoms with Gasteiger partial charge >= 0.3 is 0 Å². The first-order valence-corrected chi connectivity index (χ1v) is 8.22. The number of aromatic nitrogens is 2. The van der Waals surface area contributed by atoms with Gasteiger partial charge in [0.05, 0.1) is 17.1 Å². The lowest BCUT2D eigenvalue weighted by molar-refractivity contribution is 0.588. The number of nitrogens with zero attached hydrogens (tertiary/aromatic N) is 2. The van der Waals surface area contributed by atoms with Gasteiger partial charge in [0.2, 0.25) is 0 Å². The average molecular weight is 308 g/mol. The van der Waals surface area contributed by atoms with Crippen LogP contribution in [0.25, 0.3) is 0 Å². The highest BCUT2D eigenvalue weighted by Gasteiger charge is 2.29. The Hall–Kier alpha value is -1.86. The molecule has 0 atom stereocenters. The van der Waals surface area contributed by atoms with Crippen LogP contribution in [0.15, 0.2) is 35.2 Å². The molecule has 114 valence electrons. The van der Waals surface area contributed by atoms with E-state index in [0.29, 0.717) is 36.6 Å². The standard InChI is InChI=1S/C14H20N4O2S/c1-11-14(12(2)17-16-11)21(19,20)18(10-6-9-15)13-7-4-3-5-8-13/h3-5,7-8H,6,9-10,15H2,1-2H3,(H,16,17). The maximum Gasteiger partial charge on any atom is 0.267 e. The minimum Gasteiger partial charge on any atom is -0.330 e. The second kappa shape index (κ2) is 6.28. The second-order valence-electron chi connectivity index (χ2n) is 4.82. The van der Waals surface area contributed by atoms with Crippen LogP contribution < -0.4 is 10.0 Å². The predicted molar refractivity (Wildman–Crippen MR) is 82.7 cm³/mol. The summed E-state index contributed by atoms with van der Waals surface area (Å²) in [6, 6.07) is 9.04. The second-order valence-corrected chi connectivity index (χ2v) is 6.62. The Balaban J connectivity index is 2.50. The highest BCUT2D eigenvalue weighted by molar-refractivity contribution is 7.93. The molecule has 2 aromatic rings. The molecule has 6 nitrogen and oxygen atoms in total. The zero-order chi connectivity index (χ0) is 15.5. The Morgan fingerprint density at radius 2 is 1.90 bits per heavy atom. The van der Waals surface area contributed by atoms with Crippen LogP contribution in [0.3, 0.4) is 0 Å². The zero-order valence-electron chi connectivity index (χ0n) is 12.2. The Morgan fingerprint density at radius 3 is 2.43 bits per heavy atom. The van der Waals surface area contributed by atoms with Gasteiger partial charge in [0.15, 0.2) is 0 Å². The fraction of sp³-hybridized carbons (Fsp3) is 0.357. The van der Waals surface area contributed by atoms with E-state index >= 15 is 0 Å². The first-order chi connectivity index (χ1) is 9.98. The molecule has 0 bridgehead atoms. The molecule has 1 heterocycles. The van der Waals surface area contributed by atoms with Crippen molar-refractivity contribution in [1.29, 1.82) is 0 Å². The van der Waals surface area contributed by atoms with E-state index < -0.39 is 10.0 Å². The monoisotopic (exact) mass is 308 g/mol. The predicted octanol–water partition coefficient (Wildman–Crippen LogP) is 1.57. The fourth-order valence-corrected chi connectivity index (χ4v) is 4.09. The van der Waals surface area contributed by atoms with Crippen molar-refractivity contribution in [3.8, 4) is 0 Å². The van der Waals surface area contributed by atoms with Gasteiger partial charge in [0.1, 0.15) is 4.90 Å². The average Bonchev–Trinajstić information content (AvgIpc) is 2.80. The fourth-order valence-electron chi connectivity index (χ4n) is 2.25. The number of para-hydroxylation sites is 1. The van der Waals surface area contributed by atoms with Gasteiger partial charge in [-0.2, -0.15) is 5.10 Å². The van der Waals surface area contributed by atoms with Crippen LogP contribution in [-0.4, -0.2) is 31.7 Å². The van der Waals surface area contributed by atoms with Crippen molar-refractivity contribution < 1.29 is 8.42 Å². The van der Waals surface area contributed by atoms with E-state index in [1.807, 2.05) is 18.2 Å². The van der Waals surface area contributed by atoms with E-state index in [2.05, 4.69) is 10.2 Å². The molecule has 3 N–H and O–H groups in total. The van der Waals surface area contributed by atoms with Crippen LogP contribution >= 0.6 is 0 Å². The van der Waals surface area contributed by atoms with Crippen molar-refractivity contribution >= 4 is 15.7 Å². The first kappa shape index (κ1) is 15.5. The molecule has 0 saturated heterocycles. The molecular formula is C14H20N4O2S. The van der Waals surface area contributed by atoms with Crippen molar-refractivity contribution in [2.24, 2.45) is 5.73 Å². The molecule has 0 radical (unpaired) electrons. The van der Waals surface area contributed by atoms with E-state index in [9.17, 15) is 8.42 Å². The van der Waals surface area contributed by atoms with Crippen molar-refractivity contribution in [3.63, 3.8) is 0 Å². The topological polar surface area (TPSA) is 92.1 Å². The molecule has 21 heavy (non-hydrogen) atoms. The molecule has 0 aliphatic rings. The summed E-state index contributed by atoms with van der Waals surface area (Å²) in [7, 11) is -3.66. The van der Waals surface area contributed by atoms with Gasteiger partial charge in [-0.1, -0.05) is 18.2 Å². The number of rotatable bonds is 6. The summed E-state index contributed by atoms with van der Waals surface area (Å²) in [6.45, 7) is 4.16. The van der Waals surface area contributed by atoms with Crippen LogP contribution in [-0.2, 0) is 10.0 Å².